The Bertz CT molecular complexity index is 218. The van der Waals surface area contributed by atoms with E-state index in [0.29, 0.717) is 12.1 Å². The van der Waals surface area contributed by atoms with Gasteiger partial charge in [-0.05, 0) is 13.8 Å². The molecule has 0 radical (unpaired) electrons. The third-order valence-electron chi connectivity index (χ3n) is 1.50. The van der Waals surface area contributed by atoms with Crippen molar-refractivity contribution in [2.24, 2.45) is 0 Å². The highest BCUT2D eigenvalue weighted by Gasteiger charge is 2.25. The van der Waals surface area contributed by atoms with Crippen LogP contribution in [0.25, 0.3) is 0 Å². The molecule has 3 heteroatoms. The van der Waals surface area contributed by atoms with Crippen molar-refractivity contribution in [1.29, 1.82) is 0 Å². The maximum absolute atomic E-state index is 11.0. The first-order valence-electron chi connectivity index (χ1n) is 3.21. The summed E-state index contributed by atoms with van der Waals surface area (Å²) in [6.07, 6.45) is 1.37. The molecule has 0 aromatic rings. The van der Waals surface area contributed by atoms with E-state index in [4.69, 9.17) is 0 Å². The van der Waals surface area contributed by atoms with Crippen molar-refractivity contribution in [3.05, 3.63) is 11.6 Å². The van der Waals surface area contributed by atoms with Gasteiger partial charge in [-0.15, -0.1) is 0 Å². The first kappa shape index (κ1) is 6.99. The molecule has 0 bridgehead atoms. The lowest BCUT2D eigenvalue weighted by atomic mass is 10.3. The van der Waals surface area contributed by atoms with Gasteiger partial charge in [0.1, 0.15) is 0 Å². The van der Waals surface area contributed by atoms with Gasteiger partial charge in [0.05, 0.1) is 0 Å². The molecule has 2 amide bonds. The lowest BCUT2D eigenvalue weighted by Crippen LogP contribution is -2.30. The summed E-state index contributed by atoms with van der Waals surface area (Å²) in [7, 11) is 0. The molecule has 1 heterocycles. The minimum Gasteiger partial charge on any atom is -0.275 e. The van der Waals surface area contributed by atoms with Gasteiger partial charge in [0.25, 0.3) is 11.8 Å². The van der Waals surface area contributed by atoms with Gasteiger partial charge in [0.15, 0.2) is 0 Å². The lowest BCUT2D eigenvalue weighted by molar-refractivity contribution is -0.136. The molecule has 0 unspecified atom stereocenters. The van der Waals surface area contributed by atoms with Crippen LogP contribution < -0.4 is 0 Å². The number of rotatable bonds is 1. The highest BCUT2D eigenvalue weighted by atomic mass is 16.2. The maximum atomic E-state index is 11.0. The average molecular weight is 139 g/mol. The summed E-state index contributed by atoms with van der Waals surface area (Å²) in [5.41, 5.74) is 0.534. The molecule has 3 nitrogen and oxygen atoms in total. The first-order chi connectivity index (χ1) is 4.66. The molecule has 0 atom stereocenters. The summed E-state index contributed by atoms with van der Waals surface area (Å²) in [6.45, 7) is 3.89. The van der Waals surface area contributed by atoms with Gasteiger partial charge in [-0.3, -0.25) is 14.5 Å². The SMILES string of the molecule is CCN1C(=O)C=C(C)C1=O. The zero-order valence-corrected chi connectivity index (χ0v) is 6.05. The highest BCUT2D eigenvalue weighted by molar-refractivity contribution is 6.15. The molecule has 0 aliphatic carbocycles. The second kappa shape index (κ2) is 2.25. The van der Waals surface area contributed by atoms with Crippen LogP contribution in [-0.4, -0.2) is 23.3 Å². The number of hydrogen-bond acceptors (Lipinski definition) is 2. The zero-order valence-electron chi connectivity index (χ0n) is 6.05. The Hall–Kier alpha value is -1.12. The molecular formula is C7H9NO2. The van der Waals surface area contributed by atoms with E-state index in [2.05, 4.69) is 0 Å². The van der Waals surface area contributed by atoms with Crippen molar-refractivity contribution in [1.82, 2.24) is 4.90 Å². The third-order valence-corrected chi connectivity index (χ3v) is 1.50. The second-order valence-corrected chi connectivity index (χ2v) is 2.21. The van der Waals surface area contributed by atoms with Gasteiger partial charge in [0, 0.05) is 18.2 Å². The number of carbonyl (C=O) groups is 2. The van der Waals surface area contributed by atoms with Gasteiger partial charge < -0.3 is 0 Å². The topological polar surface area (TPSA) is 37.4 Å². The molecule has 0 N–H and O–H groups in total. The summed E-state index contributed by atoms with van der Waals surface area (Å²) >= 11 is 0. The lowest BCUT2D eigenvalue weighted by Gasteiger charge is -2.09. The molecule has 54 valence electrons. The molecule has 0 saturated carbocycles. The molecule has 10 heavy (non-hydrogen) atoms. The Morgan fingerprint density at radius 3 is 2.30 bits per heavy atom. The molecular weight excluding hydrogens is 130 g/mol. The number of likely N-dealkylation sites (N-methyl/N-ethyl adjacent to an activating group) is 1. The van der Waals surface area contributed by atoms with E-state index in [-0.39, 0.29) is 11.8 Å². The molecule has 1 rings (SSSR count). The Morgan fingerprint density at radius 1 is 1.50 bits per heavy atom. The van der Waals surface area contributed by atoms with Gasteiger partial charge >= 0.3 is 0 Å². The van der Waals surface area contributed by atoms with Crippen LogP contribution in [0, 0.1) is 0 Å². The molecule has 1 aliphatic heterocycles. The average Bonchev–Trinajstić information content (AvgIpc) is 2.09. The van der Waals surface area contributed by atoms with Gasteiger partial charge in [-0.2, -0.15) is 0 Å². The van der Waals surface area contributed by atoms with Crippen LogP contribution in [0.3, 0.4) is 0 Å². The molecule has 0 aromatic heterocycles. The van der Waals surface area contributed by atoms with E-state index in [0.717, 1.165) is 0 Å². The smallest absolute Gasteiger partial charge is 0.256 e. The van der Waals surface area contributed by atoms with Crippen LogP contribution in [0.15, 0.2) is 11.6 Å². The minimum absolute atomic E-state index is 0.160. The Kier molecular flexibility index (Phi) is 1.57. The summed E-state index contributed by atoms with van der Waals surface area (Å²) in [6, 6.07) is 0. The highest BCUT2D eigenvalue weighted by Crippen LogP contribution is 2.10. The molecule has 0 fully saturated rings. The second-order valence-electron chi connectivity index (χ2n) is 2.21. The predicted octanol–water partition coefficient (Wildman–Crippen LogP) is 0.321. The molecule has 0 aromatic carbocycles. The predicted molar refractivity (Wildman–Crippen MR) is 36.2 cm³/mol. The van der Waals surface area contributed by atoms with E-state index in [9.17, 15) is 9.59 Å². The minimum atomic E-state index is -0.190. The van der Waals surface area contributed by atoms with Crippen LogP contribution in [-0.2, 0) is 9.59 Å². The first-order valence-corrected chi connectivity index (χ1v) is 3.21. The summed E-state index contributed by atoms with van der Waals surface area (Å²) in [5.74, 6) is -0.350. The molecule has 0 saturated heterocycles. The number of amides is 2. The monoisotopic (exact) mass is 139 g/mol. The van der Waals surface area contributed by atoms with E-state index in [1.807, 2.05) is 0 Å². The van der Waals surface area contributed by atoms with Crippen molar-refractivity contribution >= 4 is 11.8 Å². The normalized spacial score (nSPS) is 18.2. The van der Waals surface area contributed by atoms with Gasteiger partial charge in [-0.25, -0.2) is 0 Å². The molecule has 0 spiro atoms. The summed E-state index contributed by atoms with van der Waals surface area (Å²) in [4.78, 5) is 23.1. The Balaban J connectivity index is 2.87. The fourth-order valence-corrected chi connectivity index (χ4v) is 0.937. The van der Waals surface area contributed by atoms with Gasteiger partial charge in [-0.1, -0.05) is 0 Å². The Labute approximate surface area is 59.3 Å². The molecule has 1 aliphatic rings. The summed E-state index contributed by atoms with van der Waals surface area (Å²) < 4.78 is 0. The zero-order chi connectivity index (χ0) is 7.72. The van der Waals surface area contributed by atoms with Crippen molar-refractivity contribution in [3.63, 3.8) is 0 Å². The van der Waals surface area contributed by atoms with Crippen LogP contribution in [0.5, 0.6) is 0 Å². The largest absolute Gasteiger partial charge is 0.275 e. The van der Waals surface area contributed by atoms with E-state index >= 15 is 0 Å². The quantitative estimate of drug-likeness (QED) is 0.491. The maximum Gasteiger partial charge on any atom is 0.256 e. The van der Waals surface area contributed by atoms with Crippen molar-refractivity contribution in [2.45, 2.75) is 13.8 Å². The Morgan fingerprint density at radius 2 is 2.10 bits per heavy atom. The number of nitrogens with zero attached hydrogens (tertiary/aromatic N) is 1. The van der Waals surface area contributed by atoms with Crippen LogP contribution in [0.1, 0.15) is 13.8 Å². The van der Waals surface area contributed by atoms with Crippen molar-refractivity contribution in [3.8, 4) is 0 Å². The van der Waals surface area contributed by atoms with E-state index < -0.39 is 0 Å². The standard InChI is InChI=1S/C7H9NO2/c1-3-8-6(9)4-5(2)7(8)10/h4H,3H2,1-2H3. The van der Waals surface area contributed by atoms with E-state index in [1.165, 1.54) is 11.0 Å². The van der Waals surface area contributed by atoms with E-state index in [1.54, 1.807) is 13.8 Å². The van der Waals surface area contributed by atoms with Crippen LogP contribution in [0.2, 0.25) is 0 Å². The van der Waals surface area contributed by atoms with Gasteiger partial charge in [0.2, 0.25) is 0 Å². The summed E-state index contributed by atoms with van der Waals surface area (Å²) in [5, 5.41) is 0. The van der Waals surface area contributed by atoms with Crippen LogP contribution >= 0.6 is 0 Å². The van der Waals surface area contributed by atoms with Crippen LogP contribution in [0.4, 0.5) is 0 Å². The fourth-order valence-electron chi connectivity index (χ4n) is 0.937. The van der Waals surface area contributed by atoms with Crippen molar-refractivity contribution < 1.29 is 9.59 Å². The third kappa shape index (κ3) is 0.835. The fraction of sp³-hybridized carbons (Fsp3) is 0.429. The van der Waals surface area contributed by atoms with Crippen molar-refractivity contribution in [2.75, 3.05) is 6.54 Å². The number of hydrogen-bond donors (Lipinski definition) is 0. The number of imide groups is 1. The number of carbonyl (C=O) groups excluding carboxylic acids is 2.